The number of hydrogen-bond acceptors (Lipinski definition) is 8. The van der Waals surface area contributed by atoms with Crippen LogP contribution in [0.25, 0.3) is 0 Å². The van der Waals surface area contributed by atoms with Crippen molar-refractivity contribution in [2.45, 2.75) is 131 Å². The van der Waals surface area contributed by atoms with Crippen LogP contribution in [0.5, 0.6) is 0 Å². The van der Waals surface area contributed by atoms with Crippen LogP contribution in [0.3, 0.4) is 0 Å². The van der Waals surface area contributed by atoms with Crippen molar-refractivity contribution in [1.82, 2.24) is 20.0 Å². The minimum atomic E-state index is -1.21. The number of halogens is 1. The number of unbranched alkanes of at least 4 members (excludes halogenated alkanes) is 1. The van der Waals surface area contributed by atoms with Crippen LogP contribution in [0.15, 0.2) is 0 Å². The number of fused-ring (bicyclic) bond motifs is 1. The predicted molar refractivity (Wildman–Crippen MR) is 189 cm³/mol. The van der Waals surface area contributed by atoms with Gasteiger partial charge in [-0.15, -0.1) is 0 Å². The van der Waals surface area contributed by atoms with Gasteiger partial charge in [0, 0.05) is 43.0 Å². The minimum Gasteiger partial charge on any atom is -0.460 e. The Hall–Kier alpha value is -3.14. The van der Waals surface area contributed by atoms with Crippen molar-refractivity contribution < 1.29 is 38.2 Å². The lowest BCUT2D eigenvalue weighted by molar-refractivity contribution is -0.172. The number of carbonyl (C=O) groups is 6. The zero-order valence-electron chi connectivity index (χ0n) is 31.1. The van der Waals surface area contributed by atoms with Crippen LogP contribution in [0.2, 0.25) is 0 Å². The van der Waals surface area contributed by atoms with Gasteiger partial charge in [0.25, 0.3) is 5.91 Å². The zero-order valence-corrected chi connectivity index (χ0v) is 32.7. The van der Waals surface area contributed by atoms with Crippen LogP contribution in [0, 0.1) is 40.3 Å². The summed E-state index contributed by atoms with van der Waals surface area (Å²) in [7, 11) is 3.01. The molecule has 7 atom stereocenters. The summed E-state index contributed by atoms with van der Waals surface area (Å²) in [6.45, 7) is 16.2. The summed E-state index contributed by atoms with van der Waals surface area (Å²) < 4.78 is 12.0. The number of rotatable bonds is 7. The van der Waals surface area contributed by atoms with E-state index in [9.17, 15) is 28.8 Å². The minimum absolute atomic E-state index is 0.285. The van der Waals surface area contributed by atoms with Crippen LogP contribution >= 0.6 is 15.9 Å². The third-order valence-corrected chi connectivity index (χ3v) is 9.80. The molecule has 0 aromatic rings. The van der Waals surface area contributed by atoms with Gasteiger partial charge >= 0.3 is 11.9 Å². The molecular formula is C36H57BrN4O8. The van der Waals surface area contributed by atoms with Gasteiger partial charge in [-0.3, -0.25) is 19.2 Å². The molecule has 2 saturated heterocycles. The second kappa shape index (κ2) is 18.7. The van der Waals surface area contributed by atoms with Gasteiger partial charge in [-0.2, -0.15) is 0 Å². The van der Waals surface area contributed by atoms with Crippen molar-refractivity contribution in [3.05, 3.63) is 0 Å². The molecule has 0 radical (unpaired) electrons. The molecule has 4 amide bonds. The standard InChI is InChI=1S/C36H57BrN4O8/c1-20(2)27-33(44)40(11)29(22(5)6)36(47)49-30(23(7)8)34(45)41-19-15-16-25(41)32(43)39(10)28(21(3)4)35(46)48-26(17-13-12-14-18-37)24(9)31(42)38-27/h20-30H,12-13,15-17,19H2,1-11H3,(H,38,42)/t24-,25-,26?,27-,28+,29-,30-/m0/s1. The molecule has 49 heavy (non-hydrogen) atoms. The monoisotopic (exact) mass is 752 g/mol. The topological polar surface area (TPSA) is 143 Å². The molecule has 1 N–H and O–H groups in total. The Balaban J connectivity index is 2.71. The summed E-state index contributed by atoms with van der Waals surface area (Å²) >= 11 is 3.08. The molecule has 0 bridgehead atoms. The number of ether oxygens (including phenoxy) is 2. The number of hydrogen-bond donors (Lipinski definition) is 1. The zero-order chi connectivity index (χ0) is 37.3. The number of nitrogens with zero attached hydrogens (tertiary/aromatic N) is 3. The molecule has 2 fully saturated rings. The third kappa shape index (κ3) is 10.4. The largest absolute Gasteiger partial charge is 0.460 e. The van der Waals surface area contributed by atoms with Gasteiger partial charge in [-0.05, 0) is 54.2 Å². The summed E-state index contributed by atoms with van der Waals surface area (Å²) in [6, 6.07) is -3.94. The highest BCUT2D eigenvalue weighted by Gasteiger charge is 2.45. The summed E-state index contributed by atoms with van der Waals surface area (Å²) in [5.74, 6) is -2.83. The lowest BCUT2D eigenvalue weighted by Crippen LogP contribution is -2.57. The quantitative estimate of drug-likeness (QED) is 0.236. The van der Waals surface area contributed by atoms with E-state index < -0.39 is 89.7 Å². The van der Waals surface area contributed by atoms with Crippen LogP contribution in [-0.4, -0.2) is 107 Å². The van der Waals surface area contributed by atoms with E-state index in [1.54, 1.807) is 62.3 Å². The first-order valence-corrected chi connectivity index (χ1v) is 18.3. The summed E-state index contributed by atoms with van der Waals surface area (Å²) in [5.41, 5.74) is 0. The van der Waals surface area contributed by atoms with Crippen LogP contribution in [0.4, 0.5) is 0 Å². The van der Waals surface area contributed by atoms with E-state index in [1.165, 1.54) is 28.8 Å². The first-order chi connectivity index (χ1) is 22.9. The maximum atomic E-state index is 14.1. The first kappa shape index (κ1) is 42.0. The van der Waals surface area contributed by atoms with Gasteiger partial charge in [-0.1, -0.05) is 68.2 Å². The van der Waals surface area contributed by atoms with E-state index in [2.05, 4.69) is 32.0 Å². The fourth-order valence-electron chi connectivity index (χ4n) is 6.64. The van der Waals surface area contributed by atoms with Crippen molar-refractivity contribution >= 4 is 51.5 Å². The molecule has 0 aromatic heterocycles. The fraction of sp³-hybridized carbons (Fsp3) is 0.778. The number of nitrogens with one attached hydrogen (secondary N) is 1. The van der Waals surface area contributed by atoms with E-state index in [1.807, 2.05) is 0 Å². The molecule has 0 aromatic carbocycles. The maximum absolute atomic E-state index is 14.1. The van der Waals surface area contributed by atoms with Gasteiger partial charge in [0.1, 0.15) is 30.3 Å². The predicted octanol–water partition coefficient (Wildman–Crippen LogP) is 3.74. The highest BCUT2D eigenvalue weighted by molar-refractivity contribution is 9.12. The first-order valence-electron chi connectivity index (χ1n) is 17.5. The van der Waals surface area contributed by atoms with E-state index in [4.69, 9.17) is 9.47 Å². The molecule has 1 unspecified atom stereocenters. The molecule has 2 rings (SSSR count). The molecule has 12 nitrogen and oxygen atoms in total. The molecule has 0 saturated carbocycles. The normalized spacial score (nSPS) is 28.6. The average Bonchev–Trinajstić information content (AvgIpc) is 3.51. The van der Waals surface area contributed by atoms with Gasteiger partial charge in [0.2, 0.25) is 17.7 Å². The Labute approximate surface area is 300 Å². The summed E-state index contributed by atoms with van der Waals surface area (Å²) in [4.78, 5) is 90.4. The molecule has 13 heteroatoms. The Morgan fingerprint density at radius 2 is 1.35 bits per heavy atom. The Kier molecular flexibility index (Phi) is 16.1. The molecular weight excluding hydrogens is 696 g/mol. The Morgan fingerprint density at radius 1 is 0.796 bits per heavy atom. The van der Waals surface area contributed by atoms with Gasteiger partial charge in [0.05, 0.1) is 5.92 Å². The Morgan fingerprint density at radius 3 is 1.86 bits per heavy atom. The lowest BCUT2D eigenvalue weighted by Gasteiger charge is -2.36. The van der Waals surface area contributed by atoms with Crippen LogP contribution in [0.1, 0.15) is 94.4 Å². The molecule has 2 aliphatic heterocycles. The van der Waals surface area contributed by atoms with Gasteiger partial charge in [0.15, 0.2) is 6.10 Å². The SMILES string of the molecule is CC(C)[C@@H]1NC(=O)[C@@H](C)C(CCCC#CBr)OC(=O)[C@@H](C(C)C)N(C)C(=O)[C@@H]2CCCN2C(=O)[C@H](C(C)C)OC(=O)[C@H](C(C)C)N(C)C1=O. The number of carbonyl (C=O) groups excluding carboxylic acids is 6. The summed E-state index contributed by atoms with van der Waals surface area (Å²) in [5, 5.41) is 2.86. The number of esters is 2. The number of amides is 4. The van der Waals surface area contributed by atoms with E-state index >= 15 is 0 Å². The smallest absolute Gasteiger partial charge is 0.329 e. The molecule has 0 spiro atoms. The maximum Gasteiger partial charge on any atom is 0.329 e. The van der Waals surface area contributed by atoms with E-state index in [0.717, 1.165) is 0 Å². The third-order valence-electron chi connectivity index (χ3n) is 9.52. The molecule has 2 heterocycles. The van der Waals surface area contributed by atoms with Gasteiger partial charge < -0.3 is 29.5 Å². The van der Waals surface area contributed by atoms with Crippen molar-refractivity contribution in [3.63, 3.8) is 0 Å². The van der Waals surface area contributed by atoms with Gasteiger partial charge in [-0.25, -0.2) is 9.59 Å². The van der Waals surface area contributed by atoms with Crippen molar-refractivity contribution in [1.29, 1.82) is 0 Å². The highest BCUT2D eigenvalue weighted by Crippen LogP contribution is 2.27. The van der Waals surface area contributed by atoms with Crippen LogP contribution < -0.4 is 5.32 Å². The molecule has 276 valence electrons. The van der Waals surface area contributed by atoms with E-state index in [0.29, 0.717) is 32.1 Å². The molecule has 2 aliphatic rings. The Bertz CT molecular complexity index is 1280. The second-order valence-corrected chi connectivity index (χ2v) is 15.1. The lowest BCUT2D eigenvalue weighted by atomic mass is 9.95. The van der Waals surface area contributed by atoms with E-state index in [-0.39, 0.29) is 18.4 Å². The van der Waals surface area contributed by atoms with Crippen LogP contribution in [-0.2, 0) is 38.2 Å². The second-order valence-electron chi connectivity index (χ2n) is 14.7. The number of likely N-dealkylation sites (N-methyl/N-ethyl adjacent to an activating group) is 2. The van der Waals surface area contributed by atoms with Crippen molar-refractivity contribution in [2.24, 2.45) is 29.6 Å². The van der Waals surface area contributed by atoms with Crippen molar-refractivity contribution in [3.8, 4) is 10.8 Å². The van der Waals surface area contributed by atoms with Crippen molar-refractivity contribution in [2.75, 3.05) is 20.6 Å². The highest BCUT2D eigenvalue weighted by atomic mass is 79.9. The average molecular weight is 754 g/mol. The number of cyclic esters (lactones) is 2. The fourth-order valence-corrected chi connectivity index (χ4v) is 6.83. The molecule has 0 aliphatic carbocycles. The summed E-state index contributed by atoms with van der Waals surface area (Å²) in [6.07, 6.45) is 0.177.